The Bertz CT molecular complexity index is 4630. The molecule has 6 rings (SSSR count). The Kier molecular flexibility index (Phi) is 37.2. The molecule has 48 nitrogen and oxygen atoms in total. The van der Waals surface area contributed by atoms with E-state index >= 15 is 0 Å². The van der Waals surface area contributed by atoms with Gasteiger partial charge in [0.15, 0.2) is 36.6 Å². The molecule has 6 unspecified atom stereocenters. The first-order chi connectivity index (χ1) is 46.8. The van der Waals surface area contributed by atoms with Gasteiger partial charge in [-0.05, 0) is 33.3 Å². The van der Waals surface area contributed by atoms with Crippen LogP contribution in [0.1, 0.15) is 27.7 Å². The molecule has 0 aromatic heterocycles. The van der Waals surface area contributed by atoms with Gasteiger partial charge in [0.05, 0.1) is 18.3 Å². The SMILES string of the molecule is C/C=C/COC(=O)C1COS(=O)(=O)CS(=O)(=O)O1.C/C=C/OC(=O)C1COS(=O)(=O)CS(=O)(=O)O1.C=C(C)COC(=O)C1COS(=O)(=O)CS(=O)(=O)O1.C=C(C)OC(=O)C1COS(=O)(=O)CS(=O)(=O)O1.C=CCOC(=O)C1COS(=O)(=O)CS(=O)(=O)O1.C=COC(=O)C1COS(=O)(=O)CS(=O)(=O)O1. The third-order valence-electron chi connectivity index (χ3n) is 9.44. The van der Waals surface area contributed by atoms with Crippen LogP contribution in [-0.4, -0.2) is 263 Å². The van der Waals surface area contributed by atoms with E-state index in [0.717, 1.165) is 12.5 Å². The Morgan fingerprint density at radius 2 is 0.602 bits per heavy atom. The molecule has 60 heteroatoms. The molecular formula is C43H62O48S12. The molecule has 6 aliphatic heterocycles. The number of rotatable bonds is 15. The van der Waals surface area contributed by atoms with E-state index in [4.69, 9.17) is 0 Å². The van der Waals surface area contributed by atoms with Gasteiger partial charge in [-0.3, -0.25) is 50.2 Å². The fraction of sp³-hybridized carbons (Fsp3) is 0.581. The first kappa shape index (κ1) is 95.2. The summed E-state index contributed by atoms with van der Waals surface area (Å²) in [7, 11) is -51.9. The van der Waals surface area contributed by atoms with Crippen molar-refractivity contribution in [3.8, 4) is 0 Å². The molecule has 6 atom stereocenters. The number of esters is 6. The van der Waals surface area contributed by atoms with E-state index in [0.29, 0.717) is 5.57 Å². The minimum Gasteiger partial charge on any atom is -0.459 e. The number of hydrogen-bond donors (Lipinski definition) is 0. The molecule has 6 saturated heterocycles. The molecule has 6 fully saturated rings. The lowest BCUT2D eigenvalue weighted by molar-refractivity contribution is -0.152. The van der Waals surface area contributed by atoms with Crippen LogP contribution in [0.3, 0.4) is 0 Å². The van der Waals surface area contributed by atoms with Crippen molar-refractivity contribution in [2.75, 3.05) is 90.0 Å². The second-order valence-corrected chi connectivity index (χ2v) is 40.5. The largest absolute Gasteiger partial charge is 0.459 e. The third kappa shape index (κ3) is 40.5. The first-order valence-corrected chi connectivity index (χ1v) is 45.2. The summed E-state index contributed by atoms with van der Waals surface area (Å²) >= 11 is 0. The number of carbonyl (C=O) groups excluding carboxylic acids is 6. The summed E-state index contributed by atoms with van der Waals surface area (Å²) < 4.78 is 345. The van der Waals surface area contributed by atoms with Gasteiger partial charge in [0.1, 0.15) is 59.5 Å². The second kappa shape index (κ2) is 40.2. The lowest BCUT2D eigenvalue weighted by Crippen LogP contribution is -2.31. The Morgan fingerprint density at radius 1 is 0.350 bits per heavy atom. The summed E-state index contributed by atoms with van der Waals surface area (Å²) in [5.74, 6) is -6.29. The number of carbonyl (C=O) groups is 6. The van der Waals surface area contributed by atoms with E-state index in [9.17, 15) is 130 Å². The van der Waals surface area contributed by atoms with E-state index in [1.54, 1.807) is 26.8 Å². The van der Waals surface area contributed by atoms with Crippen LogP contribution < -0.4 is 0 Å². The summed E-state index contributed by atoms with van der Waals surface area (Å²) in [4.78, 5) is 67.8. The Balaban J connectivity index is 0.000000618. The summed E-state index contributed by atoms with van der Waals surface area (Å²) in [6.07, 6.45) is -2.25. The van der Waals surface area contributed by atoms with Crippen molar-refractivity contribution in [3.05, 3.63) is 74.5 Å². The molecule has 0 spiro atoms. The predicted octanol–water partition coefficient (Wildman–Crippen LogP) is -6.08. The minimum atomic E-state index is -4.40. The van der Waals surface area contributed by atoms with Crippen molar-refractivity contribution < 1.29 is 208 Å². The summed E-state index contributed by atoms with van der Waals surface area (Å²) in [6, 6.07) is 0. The molecule has 0 N–H and O–H groups in total. The second-order valence-electron chi connectivity index (χ2n) is 18.9. The number of ether oxygens (including phenoxy) is 6. The van der Waals surface area contributed by atoms with Crippen molar-refractivity contribution in [2.45, 2.75) is 64.3 Å². The van der Waals surface area contributed by atoms with Crippen molar-refractivity contribution >= 4 is 157 Å². The topological polar surface area (TPSA) is 678 Å². The van der Waals surface area contributed by atoms with Gasteiger partial charge in [-0.1, -0.05) is 50.6 Å². The van der Waals surface area contributed by atoms with Crippen LogP contribution in [0, 0.1) is 0 Å². The molecule has 0 saturated carbocycles. The smallest absolute Gasteiger partial charge is 0.344 e. The van der Waals surface area contributed by atoms with E-state index in [1.165, 1.54) is 25.2 Å². The lowest BCUT2D eigenvalue weighted by atomic mass is 10.3. The summed E-state index contributed by atoms with van der Waals surface area (Å²) in [5, 5.41) is -7.98. The van der Waals surface area contributed by atoms with Gasteiger partial charge in [0, 0.05) is 0 Å². The highest BCUT2D eigenvalue weighted by Gasteiger charge is 2.43. The van der Waals surface area contributed by atoms with Crippen molar-refractivity contribution in [1.82, 2.24) is 0 Å². The van der Waals surface area contributed by atoms with Crippen molar-refractivity contribution in [3.63, 3.8) is 0 Å². The molecule has 0 amide bonds. The van der Waals surface area contributed by atoms with Crippen LogP contribution in [0.15, 0.2) is 74.5 Å². The van der Waals surface area contributed by atoms with Crippen LogP contribution in [-0.2, 0) is 229 Å². The maximum Gasteiger partial charge on any atom is 0.344 e. The normalized spacial score (nSPS) is 26.8. The maximum absolute atomic E-state index is 11.4. The average molecular weight is 1730 g/mol. The molecule has 6 heterocycles. The molecule has 0 aromatic carbocycles. The van der Waals surface area contributed by atoms with E-state index in [1.807, 2.05) is 0 Å². The molecule has 594 valence electrons. The Morgan fingerprint density at radius 3 is 0.845 bits per heavy atom. The predicted molar refractivity (Wildman–Crippen MR) is 332 cm³/mol. The zero-order valence-corrected chi connectivity index (χ0v) is 62.7. The monoisotopic (exact) mass is 1730 g/mol. The maximum atomic E-state index is 11.4. The van der Waals surface area contributed by atoms with Gasteiger partial charge in [-0.2, -0.15) is 101 Å². The minimum absolute atomic E-state index is 0.0168. The fourth-order valence-corrected chi connectivity index (χ4v) is 22.1. The highest BCUT2D eigenvalue weighted by molar-refractivity contribution is 8.06. The third-order valence-corrected chi connectivity index (χ3v) is 29.4. The number of hydrogen-bond acceptors (Lipinski definition) is 48. The Hall–Kier alpha value is -5.82. The lowest BCUT2D eigenvalue weighted by Gasteiger charge is -2.11. The molecule has 0 aliphatic carbocycles. The van der Waals surface area contributed by atoms with E-state index < -0.39 is 264 Å². The quantitative estimate of drug-likeness (QED) is 0.0484. The van der Waals surface area contributed by atoms with Gasteiger partial charge in [-0.15, -0.1) is 0 Å². The zero-order valence-electron chi connectivity index (χ0n) is 52.9. The fourth-order valence-electron chi connectivity index (χ4n) is 5.74. The average Bonchev–Trinajstić information content (AvgIpc) is 1.76. The highest BCUT2D eigenvalue weighted by atomic mass is 32.3. The van der Waals surface area contributed by atoms with Gasteiger partial charge < -0.3 is 28.4 Å². The van der Waals surface area contributed by atoms with E-state index in [2.05, 4.69) is 105 Å². The molecule has 6 aliphatic rings. The molecule has 0 radical (unpaired) electrons. The van der Waals surface area contributed by atoms with Gasteiger partial charge in [-0.25, -0.2) is 28.8 Å². The summed E-state index contributed by atoms with van der Waals surface area (Å²) in [5.41, 5.74) is 0.536. The summed E-state index contributed by atoms with van der Waals surface area (Å²) in [6.45, 7) is 14.6. The van der Waals surface area contributed by atoms with Crippen molar-refractivity contribution in [2.24, 2.45) is 0 Å². The van der Waals surface area contributed by atoms with Gasteiger partial charge in [0.25, 0.3) is 121 Å². The Labute approximate surface area is 590 Å². The number of allylic oxidation sites excluding steroid dienone is 3. The van der Waals surface area contributed by atoms with Crippen molar-refractivity contribution in [1.29, 1.82) is 0 Å². The standard InChI is InChI=1S/2C8H12O8S2.3C7H10O8S2.C6H8O8S2/c1-6(2)3-14-8(9)7-4-15-17(10,11)5-18(12,13)16-7;1-2-3-4-14-8(9)7-5-15-17(10,11)6-18(12,13)16-7;1-5(2)14-7(8)6-3-13-16(9,10)4-17(11,12)15-6;2*1-2-3-13-7(8)6-4-14-16(9,10)5-17(11,12)15-6;1-2-12-6(7)5-3-13-15(8,9)4-16(10,11)14-5/h7H,1,3-5H2,2H3;2-3,7H,4-6H2,1H3;6H,1,3-4H2,2H3;2-3,6H,4-5H2,1H3;2,6H,1,3-5H2;2,5H,1,3-4H2/b;3-2+;;3-2+;;. The van der Waals surface area contributed by atoms with Gasteiger partial charge in [0.2, 0.25) is 30.5 Å². The molecule has 0 aromatic rings. The first-order valence-electron chi connectivity index (χ1n) is 26.3. The van der Waals surface area contributed by atoms with Gasteiger partial charge >= 0.3 is 35.8 Å². The highest BCUT2D eigenvalue weighted by Crippen LogP contribution is 2.20. The van der Waals surface area contributed by atoms with Crippen LogP contribution >= 0.6 is 0 Å². The molecule has 0 bridgehead atoms. The van der Waals surface area contributed by atoms with E-state index in [-0.39, 0.29) is 25.6 Å². The van der Waals surface area contributed by atoms with Crippen LogP contribution in [0.25, 0.3) is 0 Å². The molecule has 103 heavy (non-hydrogen) atoms. The van der Waals surface area contributed by atoms with Crippen LogP contribution in [0.2, 0.25) is 0 Å². The zero-order chi connectivity index (χ0) is 79.7. The molecular weight excluding hydrogens is 1670 g/mol. The van der Waals surface area contributed by atoms with Crippen LogP contribution in [0.4, 0.5) is 0 Å². The van der Waals surface area contributed by atoms with Crippen LogP contribution in [0.5, 0.6) is 0 Å².